The van der Waals surface area contributed by atoms with E-state index < -0.39 is 50.1 Å². The van der Waals surface area contributed by atoms with Crippen molar-refractivity contribution in [1.82, 2.24) is 34.5 Å². The molecule has 1 amide bonds. The van der Waals surface area contributed by atoms with Crippen LogP contribution in [-0.4, -0.2) is 79.0 Å². The molecular formula is C22H21F5N8O2. The molecule has 10 nitrogen and oxygen atoms in total. The van der Waals surface area contributed by atoms with Crippen LogP contribution in [-0.2, 0) is 11.3 Å². The fourth-order valence-electron chi connectivity index (χ4n) is 4.33. The average Bonchev–Trinajstić information content (AvgIpc) is 3.42. The third-order valence-corrected chi connectivity index (χ3v) is 6.05. The molecule has 5 rings (SSSR count). The van der Waals surface area contributed by atoms with Gasteiger partial charge >= 0.3 is 0 Å². The Morgan fingerprint density at radius 3 is 2.89 bits per heavy atom. The first-order valence-corrected chi connectivity index (χ1v) is 11.0. The van der Waals surface area contributed by atoms with Gasteiger partial charge < -0.3 is 15.0 Å². The van der Waals surface area contributed by atoms with E-state index in [9.17, 15) is 22.4 Å². The first kappa shape index (κ1) is 21.1. The predicted octanol–water partition coefficient (Wildman–Crippen LogP) is 3.22. The third-order valence-electron chi connectivity index (χ3n) is 6.05. The van der Waals surface area contributed by atoms with Gasteiger partial charge in [-0.2, -0.15) is 4.98 Å². The van der Waals surface area contributed by atoms with E-state index in [4.69, 9.17) is 8.85 Å². The van der Waals surface area contributed by atoms with E-state index in [0.717, 1.165) is 15.4 Å². The number of methoxy groups -OCH3 is 1. The number of rotatable bonds is 6. The molecule has 1 aliphatic rings. The topological polar surface area (TPSA) is 102 Å². The van der Waals surface area contributed by atoms with Crippen LogP contribution in [0, 0.1) is 5.82 Å². The molecule has 4 aromatic rings. The van der Waals surface area contributed by atoms with Crippen molar-refractivity contribution in [2.45, 2.75) is 38.2 Å². The summed E-state index contributed by atoms with van der Waals surface area (Å²) in [6.45, 7) is -5.12. The highest BCUT2D eigenvalue weighted by Gasteiger charge is 2.46. The second-order valence-electron chi connectivity index (χ2n) is 8.43. The summed E-state index contributed by atoms with van der Waals surface area (Å²) in [6, 6.07) is 2.84. The molecule has 15 heteroatoms. The van der Waals surface area contributed by atoms with Crippen LogP contribution in [0.1, 0.15) is 17.4 Å². The van der Waals surface area contributed by atoms with Crippen LogP contribution >= 0.6 is 0 Å². The van der Waals surface area contributed by atoms with Crippen molar-refractivity contribution in [1.29, 1.82) is 0 Å². The molecule has 1 fully saturated rings. The van der Waals surface area contributed by atoms with Gasteiger partial charge in [0, 0.05) is 17.5 Å². The molecule has 1 atom stereocenters. The Hall–Kier alpha value is -4.04. The highest BCUT2D eigenvalue weighted by atomic mass is 19.3. The number of anilines is 1. The Morgan fingerprint density at radius 2 is 2.19 bits per heavy atom. The SMILES string of the molecule is [2H]C([2H])([2H])C(=O)N1CC[C@@H](Nc2nc(OC)c3c(-c4ccc5nnn(CC(F)F)c5c4)c(F)cn3n2)C(F)(F)C1. The first-order valence-electron chi connectivity index (χ1n) is 12.5. The van der Waals surface area contributed by atoms with Gasteiger partial charge in [-0.3, -0.25) is 4.79 Å². The minimum Gasteiger partial charge on any atom is -0.479 e. The maximum atomic E-state index is 15.2. The zero-order chi connectivity index (χ0) is 29.0. The Kier molecular flexibility index (Phi) is 5.20. The van der Waals surface area contributed by atoms with Crippen molar-refractivity contribution in [2.75, 3.05) is 25.5 Å². The number of hydrogen-bond acceptors (Lipinski definition) is 7. The highest BCUT2D eigenvalue weighted by molar-refractivity contribution is 5.89. The van der Waals surface area contributed by atoms with Crippen molar-refractivity contribution in [3.63, 3.8) is 0 Å². The number of nitrogens with one attached hydrogen (secondary N) is 1. The van der Waals surface area contributed by atoms with E-state index >= 15 is 4.39 Å². The van der Waals surface area contributed by atoms with Gasteiger partial charge in [0.05, 0.1) is 37.0 Å². The van der Waals surface area contributed by atoms with Gasteiger partial charge in [0.25, 0.3) is 12.3 Å². The van der Waals surface area contributed by atoms with E-state index in [-0.39, 0.29) is 47.0 Å². The number of ether oxygens (including phenoxy) is 1. The minimum atomic E-state index is -3.54. The summed E-state index contributed by atoms with van der Waals surface area (Å²) in [5.41, 5.74) is 0.821. The fourth-order valence-corrected chi connectivity index (χ4v) is 4.33. The monoisotopic (exact) mass is 527 g/mol. The molecule has 0 aliphatic carbocycles. The van der Waals surface area contributed by atoms with Crippen LogP contribution in [0.15, 0.2) is 24.4 Å². The Balaban J connectivity index is 1.47. The van der Waals surface area contributed by atoms with Crippen LogP contribution < -0.4 is 10.1 Å². The number of nitrogens with zero attached hydrogens (tertiary/aromatic N) is 7. The smallest absolute Gasteiger partial charge is 0.285 e. The maximum Gasteiger partial charge on any atom is 0.285 e. The summed E-state index contributed by atoms with van der Waals surface area (Å²) in [7, 11) is 1.24. The van der Waals surface area contributed by atoms with E-state index in [1.165, 1.54) is 25.3 Å². The lowest BCUT2D eigenvalue weighted by molar-refractivity contribution is -0.140. The van der Waals surface area contributed by atoms with Crippen LogP contribution in [0.5, 0.6) is 5.88 Å². The number of amides is 1. The summed E-state index contributed by atoms with van der Waals surface area (Å²) >= 11 is 0. The molecule has 0 unspecified atom stereocenters. The number of likely N-dealkylation sites (tertiary alicyclic amines) is 1. The lowest BCUT2D eigenvalue weighted by Crippen LogP contribution is -2.55. The zero-order valence-corrected chi connectivity index (χ0v) is 19.1. The van der Waals surface area contributed by atoms with Gasteiger partial charge in [0.2, 0.25) is 17.7 Å². The number of carbonyl (C=O) groups excluding carboxylic acids is 1. The van der Waals surface area contributed by atoms with E-state index in [1.54, 1.807) is 0 Å². The van der Waals surface area contributed by atoms with Gasteiger partial charge in [0.1, 0.15) is 17.6 Å². The van der Waals surface area contributed by atoms with E-state index in [0.29, 0.717) is 10.4 Å². The minimum absolute atomic E-state index is 0.0306. The van der Waals surface area contributed by atoms with Gasteiger partial charge in [-0.15, -0.1) is 10.2 Å². The fraction of sp³-hybridized carbons (Fsp3) is 0.409. The summed E-state index contributed by atoms with van der Waals surface area (Å²) in [5, 5.41) is 14.1. The number of halogens is 5. The van der Waals surface area contributed by atoms with Crippen molar-refractivity contribution in [3.8, 4) is 17.0 Å². The lowest BCUT2D eigenvalue weighted by atomic mass is 10.0. The van der Waals surface area contributed by atoms with E-state index in [2.05, 4.69) is 25.7 Å². The first-order chi connectivity index (χ1) is 18.8. The normalized spacial score (nSPS) is 19.2. The molecule has 0 saturated carbocycles. The largest absolute Gasteiger partial charge is 0.479 e. The Labute approximate surface area is 210 Å². The summed E-state index contributed by atoms with van der Waals surface area (Å²) < 4.78 is 99.8. The quantitative estimate of drug-likeness (QED) is 0.384. The Bertz CT molecular complexity index is 1590. The summed E-state index contributed by atoms with van der Waals surface area (Å²) in [6.07, 6.45) is -2.03. The number of carbonyl (C=O) groups is 1. The van der Waals surface area contributed by atoms with Gasteiger partial charge in [0.15, 0.2) is 5.82 Å². The molecule has 196 valence electrons. The summed E-state index contributed by atoms with van der Waals surface area (Å²) in [4.78, 5) is 16.7. The van der Waals surface area contributed by atoms with Crippen molar-refractivity contribution in [2.24, 2.45) is 0 Å². The predicted molar refractivity (Wildman–Crippen MR) is 121 cm³/mol. The molecule has 1 N–H and O–H groups in total. The van der Waals surface area contributed by atoms with Crippen molar-refractivity contribution >= 4 is 28.4 Å². The number of hydrogen-bond donors (Lipinski definition) is 1. The summed E-state index contributed by atoms with van der Waals surface area (Å²) in [5.74, 6) is -6.19. The Morgan fingerprint density at radius 1 is 1.38 bits per heavy atom. The molecule has 1 aliphatic heterocycles. The van der Waals surface area contributed by atoms with Crippen molar-refractivity contribution < 1.29 is 35.6 Å². The number of alkyl halides is 4. The third kappa shape index (κ3) is 4.49. The standard InChI is InChI=1S/C22H21F5N8O2/c1-11(36)33-6-5-16(22(26,27)10-33)28-21-29-20(37-2)19-18(13(23)8-35(19)31-21)12-3-4-14-15(7-12)34(32-30-14)9-17(24)25/h3-4,7-8,16-17H,5-6,9-10H2,1-2H3,(H,28,31)/t16-/m1/s1/i1D3. The van der Waals surface area contributed by atoms with Gasteiger partial charge in [-0.1, -0.05) is 11.3 Å². The zero-order valence-electron chi connectivity index (χ0n) is 22.1. The number of fused-ring (bicyclic) bond motifs is 2. The molecule has 4 heterocycles. The van der Waals surface area contributed by atoms with Crippen LogP contribution in [0.2, 0.25) is 0 Å². The van der Waals surface area contributed by atoms with Crippen LogP contribution in [0.3, 0.4) is 0 Å². The molecule has 0 radical (unpaired) electrons. The second-order valence-corrected chi connectivity index (χ2v) is 8.43. The number of benzene rings is 1. The lowest BCUT2D eigenvalue weighted by Gasteiger charge is -2.38. The highest BCUT2D eigenvalue weighted by Crippen LogP contribution is 2.36. The molecule has 1 saturated heterocycles. The van der Waals surface area contributed by atoms with Gasteiger partial charge in [-0.05, 0) is 24.1 Å². The number of piperidine rings is 1. The molecule has 37 heavy (non-hydrogen) atoms. The maximum absolute atomic E-state index is 15.2. The van der Waals surface area contributed by atoms with Crippen LogP contribution in [0.25, 0.3) is 27.7 Å². The van der Waals surface area contributed by atoms with Crippen molar-refractivity contribution in [3.05, 3.63) is 30.2 Å². The van der Waals surface area contributed by atoms with Crippen LogP contribution in [0.4, 0.5) is 27.9 Å². The molecule has 0 bridgehead atoms. The molecule has 1 aromatic carbocycles. The number of aromatic nitrogens is 6. The second kappa shape index (κ2) is 9.12. The van der Waals surface area contributed by atoms with E-state index in [1.807, 2.05) is 0 Å². The molecule has 0 spiro atoms. The molecular weight excluding hydrogens is 503 g/mol. The molecule has 3 aromatic heterocycles. The average molecular weight is 527 g/mol. The van der Waals surface area contributed by atoms with Gasteiger partial charge in [-0.25, -0.2) is 31.1 Å².